The van der Waals surface area contributed by atoms with Crippen molar-refractivity contribution in [3.05, 3.63) is 29.7 Å². The summed E-state index contributed by atoms with van der Waals surface area (Å²) < 4.78 is 7.22. The molecule has 0 aliphatic carbocycles. The van der Waals surface area contributed by atoms with Crippen molar-refractivity contribution >= 4 is 11.6 Å². The summed E-state index contributed by atoms with van der Waals surface area (Å²) in [6.45, 7) is 8.80. The number of amides is 1. The number of aromatic nitrogens is 4. The van der Waals surface area contributed by atoms with Crippen molar-refractivity contribution in [2.45, 2.75) is 33.2 Å². The minimum atomic E-state index is -0.215. The molecule has 1 aliphatic heterocycles. The number of nitrogens with zero attached hydrogens (tertiary/aromatic N) is 5. The lowest BCUT2D eigenvalue weighted by atomic mass is 10.1. The predicted molar refractivity (Wildman–Crippen MR) is 81.2 cm³/mol. The Bertz CT molecular complexity index is 717. The van der Waals surface area contributed by atoms with E-state index < -0.39 is 0 Å². The number of rotatable bonds is 1. The smallest absolute Gasteiger partial charge is 0.280 e. The SMILES string of the molecule is Cc1ccc2c(n1)OCCN2C(=O)c1cn(C(C)(C)C)nn1. The predicted octanol–water partition coefficient (Wildman–Crippen LogP) is 1.78. The van der Waals surface area contributed by atoms with Crippen LogP contribution in [-0.4, -0.2) is 39.0 Å². The van der Waals surface area contributed by atoms with Crippen molar-refractivity contribution in [2.75, 3.05) is 18.1 Å². The molecular formula is C15H19N5O2. The molecule has 1 aliphatic rings. The Morgan fingerprint density at radius 3 is 2.77 bits per heavy atom. The molecule has 0 N–H and O–H groups in total. The zero-order valence-electron chi connectivity index (χ0n) is 13.2. The second-order valence-electron chi connectivity index (χ2n) is 6.30. The van der Waals surface area contributed by atoms with Gasteiger partial charge in [0.15, 0.2) is 5.69 Å². The number of carbonyl (C=O) groups excluding carboxylic acids is 1. The maximum atomic E-state index is 12.7. The van der Waals surface area contributed by atoms with E-state index in [0.717, 1.165) is 5.69 Å². The largest absolute Gasteiger partial charge is 0.474 e. The number of pyridine rings is 1. The molecule has 0 bridgehead atoms. The van der Waals surface area contributed by atoms with Crippen molar-refractivity contribution in [3.63, 3.8) is 0 Å². The molecular weight excluding hydrogens is 282 g/mol. The summed E-state index contributed by atoms with van der Waals surface area (Å²) in [4.78, 5) is 18.7. The highest BCUT2D eigenvalue weighted by Crippen LogP contribution is 2.30. The number of carbonyl (C=O) groups is 1. The van der Waals surface area contributed by atoms with Crippen LogP contribution in [0.2, 0.25) is 0 Å². The lowest BCUT2D eigenvalue weighted by molar-refractivity contribution is 0.0970. The van der Waals surface area contributed by atoms with Crippen LogP contribution in [0.15, 0.2) is 18.3 Å². The van der Waals surface area contributed by atoms with Gasteiger partial charge < -0.3 is 4.74 Å². The summed E-state index contributed by atoms with van der Waals surface area (Å²) in [5.74, 6) is 0.300. The lowest BCUT2D eigenvalue weighted by Gasteiger charge is -2.28. The Kier molecular flexibility index (Phi) is 3.35. The number of ether oxygens (including phenoxy) is 1. The molecule has 2 aromatic heterocycles. The van der Waals surface area contributed by atoms with Gasteiger partial charge in [-0.15, -0.1) is 5.10 Å². The zero-order chi connectivity index (χ0) is 15.9. The van der Waals surface area contributed by atoms with E-state index in [1.165, 1.54) is 0 Å². The summed E-state index contributed by atoms with van der Waals surface area (Å²) in [6.07, 6.45) is 1.68. The molecule has 3 rings (SSSR count). The van der Waals surface area contributed by atoms with Crippen LogP contribution in [0, 0.1) is 6.92 Å². The van der Waals surface area contributed by atoms with Crippen LogP contribution in [-0.2, 0) is 5.54 Å². The molecule has 1 amide bonds. The van der Waals surface area contributed by atoms with Gasteiger partial charge in [0.05, 0.1) is 18.3 Å². The van der Waals surface area contributed by atoms with Crippen LogP contribution >= 0.6 is 0 Å². The Hall–Kier alpha value is -2.44. The van der Waals surface area contributed by atoms with E-state index in [4.69, 9.17) is 4.74 Å². The molecule has 0 unspecified atom stereocenters. The van der Waals surface area contributed by atoms with Crippen LogP contribution in [0.5, 0.6) is 5.88 Å². The highest BCUT2D eigenvalue weighted by Gasteiger charge is 2.28. The standard InChI is InChI=1S/C15H19N5O2/c1-10-5-6-12-13(16-10)22-8-7-19(12)14(21)11-9-20(18-17-11)15(2,3)4/h5-6,9H,7-8H2,1-4H3. The van der Waals surface area contributed by atoms with Crippen molar-refractivity contribution in [1.82, 2.24) is 20.0 Å². The van der Waals surface area contributed by atoms with E-state index in [1.807, 2.05) is 39.8 Å². The lowest BCUT2D eigenvalue weighted by Crippen LogP contribution is -2.38. The topological polar surface area (TPSA) is 73.1 Å². The maximum Gasteiger partial charge on any atom is 0.280 e. The van der Waals surface area contributed by atoms with Gasteiger partial charge in [-0.05, 0) is 39.8 Å². The van der Waals surface area contributed by atoms with E-state index in [-0.39, 0.29) is 11.4 Å². The average Bonchev–Trinajstić information content (AvgIpc) is 2.95. The molecule has 0 saturated heterocycles. The van der Waals surface area contributed by atoms with Gasteiger partial charge >= 0.3 is 0 Å². The quantitative estimate of drug-likeness (QED) is 0.802. The van der Waals surface area contributed by atoms with Crippen molar-refractivity contribution in [2.24, 2.45) is 0 Å². The van der Waals surface area contributed by atoms with Crippen LogP contribution < -0.4 is 9.64 Å². The molecule has 7 nitrogen and oxygen atoms in total. The number of hydrogen-bond donors (Lipinski definition) is 0. The molecule has 0 atom stereocenters. The Labute approximate surface area is 128 Å². The molecule has 0 fully saturated rings. The highest BCUT2D eigenvalue weighted by atomic mass is 16.5. The summed E-state index contributed by atoms with van der Waals surface area (Å²) in [5.41, 5.74) is 1.63. The second-order valence-corrected chi connectivity index (χ2v) is 6.30. The van der Waals surface area contributed by atoms with Gasteiger partial charge in [0.25, 0.3) is 5.91 Å². The molecule has 2 aromatic rings. The van der Waals surface area contributed by atoms with Gasteiger partial charge in [-0.2, -0.15) is 0 Å². The Balaban J connectivity index is 1.92. The van der Waals surface area contributed by atoms with Gasteiger partial charge in [0, 0.05) is 5.69 Å². The first kappa shape index (κ1) is 14.5. The van der Waals surface area contributed by atoms with Crippen molar-refractivity contribution in [1.29, 1.82) is 0 Å². The van der Waals surface area contributed by atoms with Crippen LogP contribution in [0.25, 0.3) is 0 Å². The van der Waals surface area contributed by atoms with Gasteiger partial charge in [-0.25, -0.2) is 9.67 Å². The Morgan fingerprint density at radius 2 is 2.09 bits per heavy atom. The third-order valence-electron chi connectivity index (χ3n) is 3.47. The minimum absolute atomic E-state index is 0.189. The summed E-state index contributed by atoms with van der Waals surface area (Å²) in [5, 5.41) is 8.05. The Morgan fingerprint density at radius 1 is 1.32 bits per heavy atom. The molecule has 116 valence electrons. The summed E-state index contributed by atoms with van der Waals surface area (Å²) in [6, 6.07) is 3.71. The minimum Gasteiger partial charge on any atom is -0.474 e. The van der Waals surface area contributed by atoms with E-state index >= 15 is 0 Å². The number of anilines is 1. The molecule has 0 spiro atoms. The van der Waals surface area contributed by atoms with Gasteiger partial charge in [0.2, 0.25) is 5.88 Å². The fourth-order valence-corrected chi connectivity index (χ4v) is 2.23. The van der Waals surface area contributed by atoms with Crippen LogP contribution in [0.4, 0.5) is 5.69 Å². The summed E-state index contributed by atoms with van der Waals surface area (Å²) in [7, 11) is 0. The summed E-state index contributed by atoms with van der Waals surface area (Å²) >= 11 is 0. The molecule has 0 saturated carbocycles. The molecule has 22 heavy (non-hydrogen) atoms. The average molecular weight is 301 g/mol. The first-order valence-electron chi connectivity index (χ1n) is 7.21. The third kappa shape index (κ3) is 2.54. The molecule has 3 heterocycles. The number of hydrogen-bond acceptors (Lipinski definition) is 5. The molecule has 0 aromatic carbocycles. The number of aryl methyl sites for hydroxylation is 1. The van der Waals surface area contributed by atoms with Crippen LogP contribution in [0.3, 0.4) is 0 Å². The zero-order valence-corrected chi connectivity index (χ0v) is 13.2. The van der Waals surface area contributed by atoms with Gasteiger partial charge in [-0.1, -0.05) is 5.21 Å². The van der Waals surface area contributed by atoms with Gasteiger partial charge in [0.1, 0.15) is 12.3 Å². The van der Waals surface area contributed by atoms with E-state index in [9.17, 15) is 4.79 Å². The van der Waals surface area contributed by atoms with E-state index in [1.54, 1.807) is 15.8 Å². The molecule has 7 heteroatoms. The fraction of sp³-hybridized carbons (Fsp3) is 0.467. The monoisotopic (exact) mass is 301 g/mol. The second kappa shape index (κ2) is 5.08. The van der Waals surface area contributed by atoms with Gasteiger partial charge in [-0.3, -0.25) is 9.69 Å². The molecule has 0 radical (unpaired) electrons. The van der Waals surface area contributed by atoms with E-state index in [2.05, 4.69) is 15.3 Å². The normalized spacial score (nSPS) is 14.5. The first-order valence-corrected chi connectivity index (χ1v) is 7.21. The fourth-order valence-electron chi connectivity index (χ4n) is 2.23. The van der Waals surface area contributed by atoms with Crippen molar-refractivity contribution in [3.8, 4) is 5.88 Å². The third-order valence-corrected chi connectivity index (χ3v) is 3.47. The highest BCUT2D eigenvalue weighted by molar-refractivity contribution is 6.05. The van der Waals surface area contributed by atoms with Crippen LogP contribution in [0.1, 0.15) is 37.0 Å². The maximum absolute atomic E-state index is 12.7. The van der Waals surface area contributed by atoms with E-state index in [0.29, 0.717) is 30.4 Å². The number of fused-ring (bicyclic) bond motifs is 1. The van der Waals surface area contributed by atoms with Crippen molar-refractivity contribution < 1.29 is 9.53 Å². The first-order chi connectivity index (χ1) is 10.4.